The van der Waals surface area contributed by atoms with E-state index in [1.807, 2.05) is 11.4 Å². The highest BCUT2D eigenvalue weighted by Gasteiger charge is 2.29. The zero-order valence-corrected chi connectivity index (χ0v) is 10.6. The molecule has 1 fully saturated rings. The number of imide groups is 1. The van der Waals surface area contributed by atoms with Gasteiger partial charge in [0.05, 0.1) is 10.9 Å². The lowest BCUT2D eigenvalue weighted by Gasteiger charge is -2.32. The molecular weight excluding hydrogens is 236 g/mol. The van der Waals surface area contributed by atoms with Crippen LogP contribution in [0.3, 0.4) is 0 Å². The van der Waals surface area contributed by atoms with Crippen molar-refractivity contribution in [3.05, 3.63) is 22.4 Å². The van der Waals surface area contributed by atoms with Crippen LogP contribution in [0.25, 0.3) is 0 Å². The lowest BCUT2D eigenvalue weighted by atomic mass is 10.1. The van der Waals surface area contributed by atoms with Crippen molar-refractivity contribution in [2.24, 2.45) is 0 Å². The SMILES string of the molecule is CC(=O)N(C(=O)c1cccs1)C1CCCNC1. The molecule has 1 aliphatic heterocycles. The van der Waals surface area contributed by atoms with Crippen molar-refractivity contribution in [1.82, 2.24) is 10.2 Å². The van der Waals surface area contributed by atoms with E-state index < -0.39 is 0 Å². The Morgan fingerprint density at radius 2 is 2.35 bits per heavy atom. The van der Waals surface area contributed by atoms with E-state index in [-0.39, 0.29) is 17.9 Å². The van der Waals surface area contributed by atoms with Gasteiger partial charge in [0.15, 0.2) is 0 Å². The molecular formula is C12H16N2O2S. The maximum Gasteiger partial charge on any atom is 0.270 e. The number of hydrogen-bond donors (Lipinski definition) is 1. The molecule has 0 saturated carbocycles. The van der Waals surface area contributed by atoms with E-state index in [9.17, 15) is 9.59 Å². The van der Waals surface area contributed by atoms with Crippen molar-refractivity contribution in [3.8, 4) is 0 Å². The van der Waals surface area contributed by atoms with Crippen molar-refractivity contribution < 1.29 is 9.59 Å². The van der Waals surface area contributed by atoms with Gasteiger partial charge in [-0.15, -0.1) is 11.3 Å². The van der Waals surface area contributed by atoms with Gasteiger partial charge in [-0.05, 0) is 30.8 Å². The molecule has 0 aliphatic carbocycles. The van der Waals surface area contributed by atoms with Crippen LogP contribution in [0.15, 0.2) is 17.5 Å². The third-order valence-corrected chi connectivity index (χ3v) is 3.78. The predicted octanol–water partition coefficient (Wildman–Crippen LogP) is 1.49. The van der Waals surface area contributed by atoms with E-state index in [1.54, 1.807) is 6.07 Å². The molecule has 2 rings (SSSR count). The van der Waals surface area contributed by atoms with Crippen LogP contribution < -0.4 is 5.32 Å². The Labute approximate surface area is 105 Å². The van der Waals surface area contributed by atoms with E-state index in [0.29, 0.717) is 11.4 Å². The van der Waals surface area contributed by atoms with E-state index >= 15 is 0 Å². The third kappa shape index (κ3) is 2.73. The first kappa shape index (κ1) is 12.3. The highest BCUT2D eigenvalue weighted by Crippen LogP contribution is 2.17. The second kappa shape index (κ2) is 5.42. The number of piperidine rings is 1. The van der Waals surface area contributed by atoms with Gasteiger partial charge in [-0.3, -0.25) is 14.5 Å². The quantitative estimate of drug-likeness (QED) is 0.867. The van der Waals surface area contributed by atoms with E-state index in [4.69, 9.17) is 0 Å². The first-order valence-corrected chi connectivity index (χ1v) is 6.66. The molecule has 1 N–H and O–H groups in total. The minimum absolute atomic E-state index is 0.00384. The summed E-state index contributed by atoms with van der Waals surface area (Å²) in [5.74, 6) is -0.335. The average molecular weight is 252 g/mol. The van der Waals surface area contributed by atoms with Crippen molar-refractivity contribution >= 4 is 23.2 Å². The van der Waals surface area contributed by atoms with Crippen molar-refractivity contribution in [2.75, 3.05) is 13.1 Å². The Bertz CT molecular complexity index is 397. The lowest BCUT2D eigenvalue weighted by molar-refractivity contribution is -0.128. The van der Waals surface area contributed by atoms with Crippen LogP contribution in [0.4, 0.5) is 0 Å². The van der Waals surface area contributed by atoms with E-state index in [0.717, 1.165) is 19.4 Å². The fourth-order valence-electron chi connectivity index (χ4n) is 2.14. The van der Waals surface area contributed by atoms with Gasteiger partial charge in [-0.2, -0.15) is 0 Å². The highest BCUT2D eigenvalue weighted by atomic mass is 32.1. The highest BCUT2D eigenvalue weighted by molar-refractivity contribution is 7.12. The number of hydrogen-bond acceptors (Lipinski definition) is 4. The molecule has 2 heterocycles. The van der Waals surface area contributed by atoms with Crippen LogP contribution in [0.5, 0.6) is 0 Å². The Balaban J connectivity index is 2.16. The topological polar surface area (TPSA) is 49.4 Å². The third-order valence-electron chi connectivity index (χ3n) is 2.93. The summed E-state index contributed by atoms with van der Waals surface area (Å²) in [5, 5.41) is 5.08. The smallest absolute Gasteiger partial charge is 0.270 e. The van der Waals surface area contributed by atoms with Crippen LogP contribution >= 0.6 is 11.3 Å². The summed E-state index contributed by atoms with van der Waals surface area (Å²) in [7, 11) is 0. The van der Waals surface area contributed by atoms with Gasteiger partial charge >= 0.3 is 0 Å². The minimum Gasteiger partial charge on any atom is -0.315 e. The van der Waals surface area contributed by atoms with Crippen LogP contribution in [0.2, 0.25) is 0 Å². The minimum atomic E-state index is -0.169. The molecule has 0 spiro atoms. The summed E-state index contributed by atoms with van der Waals surface area (Å²) in [6.45, 7) is 3.13. The Kier molecular flexibility index (Phi) is 3.91. The van der Waals surface area contributed by atoms with Crippen molar-refractivity contribution in [1.29, 1.82) is 0 Å². The number of rotatable bonds is 2. The molecule has 4 nitrogen and oxygen atoms in total. The second-order valence-corrected chi connectivity index (χ2v) is 5.12. The van der Waals surface area contributed by atoms with Crippen LogP contribution in [-0.4, -0.2) is 35.8 Å². The molecule has 1 unspecified atom stereocenters. The largest absolute Gasteiger partial charge is 0.315 e. The number of nitrogens with one attached hydrogen (secondary N) is 1. The number of thiophene rings is 1. The number of carbonyl (C=O) groups excluding carboxylic acids is 2. The Morgan fingerprint density at radius 3 is 2.88 bits per heavy atom. The summed E-state index contributed by atoms with van der Waals surface area (Å²) in [6, 6.07) is 3.59. The number of carbonyl (C=O) groups is 2. The van der Waals surface area contributed by atoms with Crippen LogP contribution in [0, 0.1) is 0 Å². The molecule has 0 aromatic carbocycles. The zero-order valence-electron chi connectivity index (χ0n) is 9.81. The van der Waals surface area contributed by atoms with E-state index in [2.05, 4.69) is 5.32 Å². The molecule has 1 atom stereocenters. The molecule has 1 aromatic heterocycles. The molecule has 0 bridgehead atoms. The number of amides is 2. The summed E-state index contributed by atoms with van der Waals surface area (Å²) in [4.78, 5) is 25.9. The Morgan fingerprint density at radius 1 is 1.53 bits per heavy atom. The van der Waals surface area contributed by atoms with Gasteiger partial charge in [0, 0.05) is 13.5 Å². The molecule has 1 aromatic rings. The van der Waals surface area contributed by atoms with Crippen molar-refractivity contribution in [2.45, 2.75) is 25.8 Å². The molecule has 5 heteroatoms. The second-order valence-electron chi connectivity index (χ2n) is 4.17. The maximum atomic E-state index is 12.2. The maximum absolute atomic E-state index is 12.2. The lowest BCUT2D eigenvalue weighted by Crippen LogP contribution is -2.50. The molecule has 17 heavy (non-hydrogen) atoms. The summed E-state index contributed by atoms with van der Waals surface area (Å²) in [5.41, 5.74) is 0. The molecule has 1 saturated heterocycles. The standard InChI is InChI=1S/C12H16N2O2S/c1-9(15)14(10-4-2-6-13-8-10)12(16)11-5-3-7-17-11/h3,5,7,10,13H,2,4,6,8H2,1H3. The predicted molar refractivity (Wildman–Crippen MR) is 67.1 cm³/mol. The van der Waals surface area contributed by atoms with Gasteiger partial charge < -0.3 is 5.32 Å². The monoisotopic (exact) mass is 252 g/mol. The molecule has 1 aliphatic rings. The number of nitrogens with zero attached hydrogens (tertiary/aromatic N) is 1. The normalized spacial score (nSPS) is 19.9. The zero-order chi connectivity index (χ0) is 12.3. The van der Waals surface area contributed by atoms with Crippen LogP contribution in [0.1, 0.15) is 29.4 Å². The van der Waals surface area contributed by atoms with E-state index in [1.165, 1.54) is 23.2 Å². The van der Waals surface area contributed by atoms with Gasteiger partial charge in [0.25, 0.3) is 5.91 Å². The molecule has 2 amide bonds. The van der Waals surface area contributed by atoms with Gasteiger partial charge in [0.1, 0.15) is 0 Å². The fourth-order valence-corrected chi connectivity index (χ4v) is 2.80. The molecule has 0 radical (unpaired) electrons. The first-order valence-electron chi connectivity index (χ1n) is 5.78. The molecule has 92 valence electrons. The van der Waals surface area contributed by atoms with Crippen LogP contribution in [-0.2, 0) is 4.79 Å². The summed E-state index contributed by atoms with van der Waals surface area (Å²) in [6.07, 6.45) is 1.90. The summed E-state index contributed by atoms with van der Waals surface area (Å²) < 4.78 is 0. The summed E-state index contributed by atoms with van der Waals surface area (Å²) >= 11 is 1.38. The van der Waals surface area contributed by atoms with Gasteiger partial charge in [-0.1, -0.05) is 6.07 Å². The van der Waals surface area contributed by atoms with Crippen molar-refractivity contribution in [3.63, 3.8) is 0 Å². The fraction of sp³-hybridized carbons (Fsp3) is 0.500. The first-order chi connectivity index (χ1) is 8.20. The van der Waals surface area contributed by atoms with Gasteiger partial charge in [-0.25, -0.2) is 0 Å². The Hall–Kier alpha value is -1.20. The van der Waals surface area contributed by atoms with Gasteiger partial charge in [0.2, 0.25) is 5.91 Å². The average Bonchev–Trinajstić information content (AvgIpc) is 2.83.